The van der Waals surface area contributed by atoms with E-state index in [1.165, 1.54) is 64.2 Å². The third-order valence-electron chi connectivity index (χ3n) is 6.06. The van der Waals surface area contributed by atoms with Crippen molar-refractivity contribution in [3.8, 4) is 0 Å². The molecule has 3 nitrogen and oxygen atoms in total. The zero-order valence-corrected chi connectivity index (χ0v) is 19.9. The van der Waals surface area contributed by atoms with Crippen LogP contribution >= 0.6 is 0 Å². The summed E-state index contributed by atoms with van der Waals surface area (Å²) in [5.41, 5.74) is 1.04. The molecule has 0 aliphatic rings. The smallest absolute Gasteiger partial charge is 0.328 e. The van der Waals surface area contributed by atoms with E-state index in [9.17, 15) is 14.7 Å². The Balaban J connectivity index is 2.40. The molecule has 31 heavy (non-hydrogen) atoms. The summed E-state index contributed by atoms with van der Waals surface area (Å²) in [5, 5.41) is 9.34. The number of carboxylic acid groups (broad SMARTS) is 1. The molecule has 1 rings (SSSR count). The summed E-state index contributed by atoms with van der Waals surface area (Å²) in [5.74, 6) is -1.15. The molecular weight excluding hydrogens is 384 g/mol. The third-order valence-corrected chi connectivity index (χ3v) is 6.06. The number of unbranched alkanes of at least 4 members (excludes halogenated alkanes) is 11. The highest BCUT2D eigenvalue weighted by molar-refractivity contribution is 6.11. The van der Waals surface area contributed by atoms with Gasteiger partial charge >= 0.3 is 5.97 Å². The minimum Gasteiger partial charge on any atom is -0.478 e. The number of rotatable bonds is 19. The SMILES string of the molecule is CCCCCCCCCCCCCCC(CCC)/C(=C/C(=O)O)C(=O)c1ccccc1. The predicted molar refractivity (Wildman–Crippen MR) is 131 cm³/mol. The minimum atomic E-state index is -1.03. The fourth-order valence-electron chi connectivity index (χ4n) is 4.29. The molecule has 1 aromatic rings. The van der Waals surface area contributed by atoms with Crippen LogP contribution in [-0.2, 0) is 4.79 Å². The van der Waals surface area contributed by atoms with Gasteiger partial charge in [0.2, 0.25) is 0 Å². The van der Waals surface area contributed by atoms with Crippen molar-refractivity contribution in [2.45, 2.75) is 110 Å². The van der Waals surface area contributed by atoms with Gasteiger partial charge in [-0.2, -0.15) is 0 Å². The van der Waals surface area contributed by atoms with Crippen LogP contribution in [0.5, 0.6) is 0 Å². The first-order chi connectivity index (χ1) is 15.1. The van der Waals surface area contributed by atoms with E-state index in [4.69, 9.17) is 0 Å². The summed E-state index contributed by atoms with van der Waals surface area (Å²) < 4.78 is 0. The molecule has 1 N–H and O–H groups in total. The first-order valence-electron chi connectivity index (χ1n) is 12.6. The summed E-state index contributed by atoms with van der Waals surface area (Å²) in [6.07, 6.45) is 19.5. The molecule has 0 bridgehead atoms. The molecule has 0 heterocycles. The lowest BCUT2D eigenvalue weighted by Crippen LogP contribution is -2.16. The van der Waals surface area contributed by atoms with Crippen molar-refractivity contribution in [1.82, 2.24) is 0 Å². The molecule has 0 aliphatic carbocycles. The second-order valence-electron chi connectivity index (χ2n) is 8.80. The van der Waals surface area contributed by atoms with Crippen LogP contribution < -0.4 is 0 Å². The lowest BCUT2D eigenvalue weighted by molar-refractivity contribution is -0.131. The van der Waals surface area contributed by atoms with Gasteiger partial charge in [0.05, 0.1) is 0 Å². The number of hydrogen-bond acceptors (Lipinski definition) is 2. The maximum atomic E-state index is 13.0. The number of allylic oxidation sites excluding steroid dienone is 1. The summed E-state index contributed by atoms with van der Waals surface area (Å²) in [4.78, 5) is 24.4. The van der Waals surface area contributed by atoms with Crippen LogP contribution in [0.15, 0.2) is 42.0 Å². The number of carboxylic acids is 1. The van der Waals surface area contributed by atoms with Crippen LogP contribution in [0, 0.1) is 5.92 Å². The van der Waals surface area contributed by atoms with E-state index in [1.54, 1.807) is 12.1 Å². The van der Waals surface area contributed by atoms with E-state index >= 15 is 0 Å². The molecule has 0 aliphatic heterocycles. The Morgan fingerprint density at radius 2 is 1.26 bits per heavy atom. The average molecular weight is 429 g/mol. The van der Waals surface area contributed by atoms with Gasteiger partial charge in [-0.05, 0) is 18.8 Å². The summed E-state index contributed by atoms with van der Waals surface area (Å²) in [6.45, 7) is 4.36. The van der Waals surface area contributed by atoms with E-state index < -0.39 is 5.97 Å². The maximum absolute atomic E-state index is 13.0. The van der Waals surface area contributed by atoms with E-state index in [-0.39, 0.29) is 11.7 Å². The molecule has 0 fully saturated rings. The van der Waals surface area contributed by atoms with Gasteiger partial charge in [-0.3, -0.25) is 4.79 Å². The zero-order chi connectivity index (χ0) is 22.7. The van der Waals surface area contributed by atoms with Crippen molar-refractivity contribution >= 4 is 11.8 Å². The van der Waals surface area contributed by atoms with Gasteiger partial charge in [0.1, 0.15) is 0 Å². The monoisotopic (exact) mass is 428 g/mol. The van der Waals surface area contributed by atoms with Gasteiger partial charge in [0, 0.05) is 17.2 Å². The number of Topliss-reactive ketones (excluding diaryl/α,β-unsaturated/α-hetero) is 1. The van der Waals surface area contributed by atoms with E-state index in [0.717, 1.165) is 38.2 Å². The van der Waals surface area contributed by atoms with E-state index in [0.29, 0.717) is 11.1 Å². The van der Waals surface area contributed by atoms with Gasteiger partial charge in [0.25, 0.3) is 0 Å². The van der Waals surface area contributed by atoms with Crippen LogP contribution in [-0.4, -0.2) is 16.9 Å². The number of benzene rings is 1. The van der Waals surface area contributed by atoms with Gasteiger partial charge in [0.15, 0.2) is 5.78 Å². The molecule has 3 heteroatoms. The van der Waals surface area contributed by atoms with Gasteiger partial charge in [-0.1, -0.05) is 128 Å². The largest absolute Gasteiger partial charge is 0.478 e. The van der Waals surface area contributed by atoms with Crippen molar-refractivity contribution in [2.75, 3.05) is 0 Å². The van der Waals surface area contributed by atoms with E-state index in [2.05, 4.69) is 13.8 Å². The molecule has 0 amide bonds. The topological polar surface area (TPSA) is 54.4 Å². The predicted octanol–water partition coefficient (Wildman–Crippen LogP) is 8.39. The van der Waals surface area contributed by atoms with Crippen LogP contribution in [0.2, 0.25) is 0 Å². The van der Waals surface area contributed by atoms with Crippen molar-refractivity contribution in [3.05, 3.63) is 47.5 Å². The normalized spacial score (nSPS) is 12.6. The van der Waals surface area contributed by atoms with Gasteiger partial charge in [-0.15, -0.1) is 0 Å². The molecule has 1 unspecified atom stereocenters. The Hall–Kier alpha value is -1.90. The lowest BCUT2D eigenvalue weighted by Gasteiger charge is -2.19. The highest BCUT2D eigenvalue weighted by Crippen LogP contribution is 2.27. The molecule has 174 valence electrons. The van der Waals surface area contributed by atoms with Gasteiger partial charge < -0.3 is 5.11 Å². The fraction of sp³-hybridized carbons (Fsp3) is 0.643. The van der Waals surface area contributed by atoms with Crippen LogP contribution in [0.3, 0.4) is 0 Å². The number of hydrogen-bond donors (Lipinski definition) is 1. The van der Waals surface area contributed by atoms with Gasteiger partial charge in [-0.25, -0.2) is 4.79 Å². The fourth-order valence-corrected chi connectivity index (χ4v) is 4.29. The third kappa shape index (κ3) is 12.5. The first kappa shape index (κ1) is 27.1. The Bertz CT molecular complexity index is 633. The molecule has 0 saturated carbocycles. The highest BCUT2D eigenvalue weighted by Gasteiger charge is 2.22. The van der Waals surface area contributed by atoms with Crippen LogP contribution in [0.1, 0.15) is 121 Å². The standard InChI is InChI=1S/C28H44O3/c1-3-5-6-7-8-9-10-11-12-13-14-16-20-24(19-4-2)26(23-27(29)30)28(31)25-21-17-15-18-22-25/h15,17-18,21-24H,3-14,16,19-20H2,1-2H3,(H,29,30)/b26-23-. The van der Waals surface area contributed by atoms with Crippen molar-refractivity contribution in [1.29, 1.82) is 0 Å². The average Bonchev–Trinajstić information content (AvgIpc) is 2.77. The van der Waals surface area contributed by atoms with Crippen LogP contribution in [0.4, 0.5) is 0 Å². The molecular formula is C28H44O3. The van der Waals surface area contributed by atoms with E-state index in [1.807, 2.05) is 18.2 Å². The molecule has 0 spiro atoms. The quantitative estimate of drug-likeness (QED) is 0.137. The Morgan fingerprint density at radius 3 is 1.74 bits per heavy atom. The van der Waals surface area contributed by atoms with Crippen LogP contribution in [0.25, 0.3) is 0 Å². The zero-order valence-electron chi connectivity index (χ0n) is 19.9. The van der Waals surface area contributed by atoms with Crippen molar-refractivity contribution in [3.63, 3.8) is 0 Å². The Labute approximate surface area is 190 Å². The first-order valence-corrected chi connectivity index (χ1v) is 12.6. The summed E-state index contributed by atoms with van der Waals surface area (Å²) in [6, 6.07) is 9.06. The number of aliphatic carboxylic acids is 1. The number of ketones is 1. The lowest BCUT2D eigenvalue weighted by atomic mass is 9.84. The molecule has 0 saturated heterocycles. The second kappa shape index (κ2) is 17.7. The maximum Gasteiger partial charge on any atom is 0.328 e. The molecule has 1 aromatic carbocycles. The molecule has 0 radical (unpaired) electrons. The summed E-state index contributed by atoms with van der Waals surface area (Å²) >= 11 is 0. The van der Waals surface area contributed by atoms with Crippen molar-refractivity contribution < 1.29 is 14.7 Å². The van der Waals surface area contributed by atoms with Crippen molar-refractivity contribution in [2.24, 2.45) is 5.92 Å². The Morgan fingerprint density at radius 1 is 0.742 bits per heavy atom. The number of carbonyl (C=O) groups excluding carboxylic acids is 1. The molecule has 0 aromatic heterocycles. The minimum absolute atomic E-state index is 0.0249. The second-order valence-corrected chi connectivity index (χ2v) is 8.80. The number of carbonyl (C=O) groups is 2. The highest BCUT2D eigenvalue weighted by atomic mass is 16.4. The Kier molecular flexibility index (Phi) is 15.5. The molecule has 1 atom stereocenters. The summed E-state index contributed by atoms with van der Waals surface area (Å²) in [7, 11) is 0.